The lowest BCUT2D eigenvalue weighted by Gasteiger charge is -2.08. The van der Waals surface area contributed by atoms with Crippen molar-refractivity contribution in [3.05, 3.63) is 12.7 Å². The summed E-state index contributed by atoms with van der Waals surface area (Å²) < 4.78 is 10.00. The van der Waals surface area contributed by atoms with Crippen molar-refractivity contribution < 1.29 is 14.3 Å². The van der Waals surface area contributed by atoms with Crippen LogP contribution in [0.5, 0.6) is 0 Å². The Kier molecular flexibility index (Phi) is 3.92. The molecule has 74 valence electrons. The van der Waals surface area contributed by atoms with Crippen molar-refractivity contribution in [1.29, 1.82) is 0 Å². The van der Waals surface area contributed by atoms with Gasteiger partial charge in [0.05, 0.1) is 19.8 Å². The van der Waals surface area contributed by atoms with Crippen LogP contribution in [0.1, 0.15) is 6.42 Å². The van der Waals surface area contributed by atoms with Gasteiger partial charge in [-0.2, -0.15) is 0 Å². The van der Waals surface area contributed by atoms with Crippen molar-refractivity contribution in [1.82, 2.24) is 5.32 Å². The van der Waals surface area contributed by atoms with Gasteiger partial charge in [0, 0.05) is 13.0 Å². The largest absolute Gasteiger partial charge is 0.468 e. The molecule has 0 bridgehead atoms. The van der Waals surface area contributed by atoms with Gasteiger partial charge in [-0.1, -0.05) is 6.08 Å². The van der Waals surface area contributed by atoms with Crippen LogP contribution in [0.2, 0.25) is 0 Å². The highest BCUT2D eigenvalue weighted by atomic mass is 16.5. The van der Waals surface area contributed by atoms with E-state index in [9.17, 15) is 4.79 Å². The van der Waals surface area contributed by atoms with Crippen LogP contribution in [0.4, 0.5) is 0 Å². The standard InChI is InChI=1S/C9H15NO3/c1-3-4-13-7-5-8(10-6-7)9(11)12-2/h3,7-8,10H,1,4-6H2,2H3/t7-,8?/m1/s1. The van der Waals surface area contributed by atoms with Crippen LogP contribution < -0.4 is 5.32 Å². The number of hydrogen-bond acceptors (Lipinski definition) is 4. The lowest BCUT2D eigenvalue weighted by atomic mass is 10.2. The first kappa shape index (κ1) is 10.2. The highest BCUT2D eigenvalue weighted by molar-refractivity contribution is 5.76. The number of hydrogen-bond donors (Lipinski definition) is 1. The number of rotatable bonds is 4. The van der Waals surface area contributed by atoms with E-state index in [1.54, 1.807) is 6.08 Å². The second-order valence-corrected chi connectivity index (χ2v) is 2.96. The van der Waals surface area contributed by atoms with Gasteiger partial charge in [0.25, 0.3) is 0 Å². The molecule has 1 heterocycles. The Hall–Kier alpha value is -0.870. The maximum atomic E-state index is 11.1. The first-order chi connectivity index (χ1) is 6.27. The maximum Gasteiger partial charge on any atom is 0.322 e. The normalized spacial score (nSPS) is 27.2. The molecule has 1 aliphatic heterocycles. The van der Waals surface area contributed by atoms with Crippen molar-refractivity contribution in [3.63, 3.8) is 0 Å². The minimum Gasteiger partial charge on any atom is -0.468 e. The fourth-order valence-electron chi connectivity index (χ4n) is 1.36. The van der Waals surface area contributed by atoms with E-state index in [1.807, 2.05) is 0 Å². The first-order valence-corrected chi connectivity index (χ1v) is 4.31. The van der Waals surface area contributed by atoms with Gasteiger partial charge < -0.3 is 14.8 Å². The van der Waals surface area contributed by atoms with Crippen LogP contribution in [-0.4, -0.2) is 38.4 Å². The van der Waals surface area contributed by atoms with Gasteiger partial charge in [-0.15, -0.1) is 6.58 Å². The van der Waals surface area contributed by atoms with Crippen molar-refractivity contribution in [2.75, 3.05) is 20.3 Å². The molecule has 4 heteroatoms. The van der Waals surface area contributed by atoms with Gasteiger partial charge in [-0.05, 0) is 0 Å². The van der Waals surface area contributed by atoms with Crippen LogP contribution >= 0.6 is 0 Å². The van der Waals surface area contributed by atoms with E-state index in [4.69, 9.17) is 4.74 Å². The van der Waals surface area contributed by atoms with E-state index >= 15 is 0 Å². The lowest BCUT2D eigenvalue weighted by Crippen LogP contribution is -2.31. The molecule has 4 nitrogen and oxygen atoms in total. The number of esters is 1. The first-order valence-electron chi connectivity index (χ1n) is 4.31. The molecule has 0 aromatic heterocycles. The smallest absolute Gasteiger partial charge is 0.322 e. The average Bonchev–Trinajstić information content (AvgIpc) is 2.62. The number of ether oxygens (including phenoxy) is 2. The van der Waals surface area contributed by atoms with E-state index in [2.05, 4.69) is 16.6 Å². The number of carbonyl (C=O) groups excluding carboxylic acids is 1. The Balaban J connectivity index is 2.27. The molecule has 0 amide bonds. The predicted octanol–water partition coefficient (Wildman–Crippen LogP) is 0.0925. The van der Waals surface area contributed by atoms with E-state index < -0.39 is 0 Å². The topological polar surface area (TPSA) is 47.6 Å². The Bertz CT molecular complexity index is 193. The third-order valence-corrected chi connectivity index (χ3v) is 2.03. The summed E-state index contributed by atoms with van der Waals surface area (Å²) in [7, 11) is 1.39. The molecule has 1 aliphatic rings. The van der Waals surface area contributed by atoms with Crippen LogP contribution in [0.25, 0.3) is 0 Å². The quantitative estimate of drug-likeness (QED) is 0.498. The van der Waals surface area contributed by atoms with E-state index in [0.717, 1.165) is 0 Å². The van der Waals surface area contributed by atoms with Crippen molar-refractivity contribution in [2.45, 2.75) is 18.6 Å². The zero-order valence-electron chi connectivity index (χ0n) is 7.79. The van der Waals surface area contributed by atoms with Gasteiger partial charge in [-0.25, -0.2) is 0 Å². The van der Waals surface area contributed by atoms with Gasteiger partial charge in [0.1, 0.15) is 6.04 Å². The molecule has 0 saturated carbocycles. The molecular formula is C9H15NO3. The Labute approximate surface area is 77.9 Å². The Morgan fingerprint density at radius 3 is 3.15 bits per heavy atom. The number of carbonyl (C=O) groups is 1. The SMILES string of the molecule is C=CCO[C@H]1CNC(C(=O)OC)C1. The minimum atomic E-state index is -0.218. The fourth-order valence-corrected chi connectivity index (χ4v) is 1.36. The van der Waals surface area contributed by atoms with Crippen molar-refractivity contribution in [3.8, 4) is 0 Å². The molecule has 1 rings (SSSR count). The molecule has 1 fully saturated rings. The summed E-state index contributed by atoms with van der Waals surface area (Å²) >= 11 is 0. The Morgan fingerprint density at radius 2 is 2.54 bits per heavy atom. The summed E-state index contributed by atoms with van der Waals surface area (Å²) in [5.41, 5.74) is 0. The molecule has 0 aromatic rings. The lowest BCUT2D eigenvalue weighted by molar-refractivity contribution is -0.142. The summed E-state index contributed by atoms with van der Waals surface area (Å²) in [6.07, 6.45) is 2.48. The summed E-state index contributed by atoms with van der Waals surface area (Å²) in [6.45, 7) is 4.78. The van der Waals surface area contributed by atoms with E-state index in [1.165, 1.54) is 7.11 Å². The molecule has 0 aromatic carbocycles. The minimum absolute atomic E-state index is 0.0992. The van der Waals surface area contributed by atoms with Crippen molar-refractivity contribution >= 4 is 5.97 Å². The molecule has 1 saturated heterocycles. The van der Waals surface area contributed by atoms with Gasteiger partial charge in [-0.3, -0.25) is 4.79 Å². The second-order valence-electron chi connectivity index (χ2n) is 2.96. The molecule has 1 N–H and O–H groups in total. The van der Waals surface area contributed by atoms with Crippen molar-refractivity contribution in [2.24, 2.45) is 0 Å². The van der Waals surface area contributed by atoms with Gasteiger partial charge in [0.15, 0.2) is 0 Å². The molecule has 13 heavy (non-hydrogen) atoms. The molecule has 2 atom stereocenters. The Morgan fingerprint density at radius 1 is 1.77 bits per heavy atom. The molecule has 1 unspecified atom stereocenters. The van der Waals surface area contributed by atoms with E-state index in [-0.39, 0.29) is 18.1 Å². The third kappa shape index (κ3) is 2.82. The third-order valence-electron chi connectivity index (χ3n) is 2.03. The number of methoxy groups -OCH3 is 1. The zero-order valence-corrected chi connectivity index (χ0v) is 7.79. The van der Waals surface area contributed by atoms with Crippen LogP contribution in [0.15, 0.2) is 12.7 Å². The monoisotopic (exact) mass is 185 g/mol. The van der Waals surface area contributed by atoms with Gasteiger partial charge in [0.2, 0.25) is 0 Å². The highest BCUT2D eigenvalue weighted by Crippen LogP contribution is 2.11. The molecular weight excluding hydrogens is 170 g/mol. The number of nitrogens with one attached hydrogen (secondary N) is 1. The zero-order chi connectivity index (χ0) is 9.68. The maximum absolute atomic E-state index is 11.1. The summed E-state index contributed by atoms with van der Waals surface area (Å²) in [5, 5.41) is 3.03. The van der Waals surface area contributed by atoms with Crippen LogP contribution in [-0.2, 0) is 14.3 Å². The van der Waals surface area contributed by atoms with Crippen LogP contribution in [0, 0.1) is 0 Å². The van der Waals surface area contributed by atoms with E-state index in [0.29, 0.717) is 19.6 Å². The molecule has 0 aliphatic carbocycles. The van der Waals surface area contributed by atoms with Gasteiger partial charge >= 0.3 is 5.97 Å². The molecule has 0 radical (unpaired) electrons. The molecule has 0 spiro atoms. The summed E-state index contributed by atoms with van der Waals surface area (Å²) in [5.74, 6) is -0.218. The van der Waals surface area contributed by atoms with Crippen LogP contribution in [0.3, 0.4) is 0 Å². The highest BCUT2D eigenvalue weighted by Gasteiger charge is 2.30. The summed E-state index contributed by atoms with van der Waals surface area (Å²) in [6, 6.07) is -0.209. The fraction of sp³-hybridized carbons (Fsp3) is 0.667. The average molecular weight is 185 g/mol. The predicted molar refractivity (Wildman–Crippen MR) is 48.4 cm³/mol. The second kappa shape index (κ2) is 4.99. The summed E-state index contributed by atoms with van der Waals surface area (Å²) in [4.78, 5) is 11.1.